The smallest absolute Gasteiger partial charge is 0.187 e. The van der Waals surface area contributed by atoms with Gasteiger partial charge in [0.15, 0.2) is 5.13 Å². The van der Waals surface area contributed by atoms with E-state index in [1.54, 1.807) is 24.4 Å². The Bertz CT molecular complexity index is 1650. The van der Waals surface area contributed by atoms with Crippen molar-refractivity contribution in [3.8, 4) is 10.6 Å². The van der Waals surface area contributed by atoms with E-state index in [1.165, 1.54) is 48.1 Å². The first-order valence-corrected chi connectivity index (χ1v) is 13.5. The third-order valence-corrected chi connectivity index (χ3v) is 7.77. The second kappa shape index (κ2) is 10.5. The minimum atomic E-state index is -0.511. The lowest BCUT2D eigenvalue weighted by molar-refractivity contribution is 0.326. The van der Waals surface area contributed by atoms with Crippen LogP contribution in [-0.2, 0) is 6.54 Å². The highest BCUT2D eigenvalue weighted by molar-refractivity contribution is 7.18. The van der Waals surface area contributed by atoms with Crippen molar-refractivity contribution in [3.05, 3.63) is 96.5 Å². The molecule has 4 N–H and O–H groups in total. The number of para-hydroxylation sites is 1. The van der Waals surface area contributed by atoms with E-state index < -0.39 is 11.6 Å². The molecule has 0 bridgehead atoms. The van der Waals surface area contributed by atoms with Gasteiger partial charge in [-0.15, -0.1) is 0 Å². The molecule has 7 nitrogen and oxygen atoms in total. The Morgan fingerprint density at radius 1 is 1.00 bits per heavy atom. The Morgan fingerprint density at radius 2 is 1.82 bits per heavy atom. The van der Waals surface area contributed by atoms with Crippen molar-refractivity contribution in [1.29, 1.82) is 0 Å². The van der Waals surface area contributed by atoms with Gasteiger partial charge in [-0.3, -0.25) is 9.30 Å². The van der Waals surface area contributed by atoms with E-state index in [0.717, 1.165) is 35.9 Å². The number of hydrogen-bond donors (Lipinski definition) is 3. The van der Waals surface area contributed by atoms with Gasteiger partial charge in [0.25, 0.3) is 0 Å². The summed E-state index contributed by atoms with van der Waals surface area (Å²) in [5, 5.41) is 6.48. The van der Waals surface area contributed by atoms with Crippen LogP contribution in [0.25, 0.3) is 21.9 Å². The third-order valence-electron chi connectivity index (χ3n) is 6.83. The van der Waals surface area contributed by atoms with Gasteiger partial charge in [0.05, 0.1) is 33.8 Å². The number of nitrogen functional groups attached to an aromatic ring is 1. The summed E-state index contributed by atoms with van der Waals surface area (Å²) in [6, 6.07) is 15.2. The lowest BCUT2D eigenvalue weighted by Gasteiger charge is -2.16. The zero-order valence-corrected chi connectivity index (χ0v) is 21.9. The normalized spacial score (nSPS) is 13.7. The van der Waals surface area contributed by atoms with E-state index in [1.807, 2.05) is 18.3 Å². The maximum absolute atomic E-state index is 15.1. The average Bonchev–Trinajstić information content (AvgIpc) is 3.69. The highest BCUT2D eigenvalue weighted by Crippen LogP contribution is 2.33. The molecule has 2 aromatic carbocycles. The van der Waals surface area contributed by atoms with Crippen molar-refractivity contribution in [3.63, 3.8) is 0 Å². The number of nitrogens with one attached hydrogen (secondary N) is 2. The molecule has 1 fully saturated rings. The largest absolute Gasteiger partial charge is 0.397 e. The molecule has 0 radical (unpaired) electrons. The molecule has 198 valence electrons. The molecule has 0 unspecified atom stereocenters. The van der Waals surface area contributed by atoms with Gasteiger partial charge in [-0.05, 0) is 62.3 Å². The quantitative estimate of drug-likeness (QED) is 0.188. The molecule has 10 heteroatoms. The lowest BCUT2D eigenvalue weighted by atomic mass is 10.1. The molecule has 4 heterocycles. The van der Waals surface area contributed by atoms with Crippen LogP contribution in [0.2, 0.25) is 0 Å². The van der Waals surface area contributed by atoms with Crippen LogP contribution in [0.1, 0.15) is 24.1 Å². The summed E-state index contributed by atoms with van der Waals surface area (Å²) in [5.41, 5.74) is 10.3. The van der Waals surface area contributed by atoms with E-state index in [0.29, 0.717) is 16.4 Å². The molecule has 0 amide bonds. The second-order valence-electron chi connectivity index (χ2n) is 9.49. The summed E-state index contributed by atoms with van der Waals surface area (Å²) in [6.45, 7) is 7.00. The van der Waals surface area contributed by atoms with Gasteiger partial charge in [0, 0.05) is 29.7 Å². The zero-order chi connectivity index (χ0) is 26.9. The number of likely N-dealkylation sites (tertiary alicyclic amines) is 1. The Kier molecular flexibility index (Phi) is 6.72. The molecule has 3 aromatic heterocycles. The van der Waals surface area contributed by atoms with E-state index in [9.17, 15) is 4.39 Å². The van der Waals surface area contributed by atoms with Crippen molar-refractivity contribution in [1.82, 2.24) is 19.3 Å². The number of fused-ring (bicyclic) bond motifs is 1. The van der Waals surface area contributed by atoms with Crippen molar-refractivity contribution < 1.29 is 8.78 Å². The van der Waals surface area contributed by atoms with Crippen molar-refractivity contribution in [2.45, 2.75) is 19.4 Å². The highest BCUT2D eigenvalue weighted by Gasteiger charge is 2.17. The van der Waals surface area contributed by atoms with E-state index in [4.69, 9.17) is 5.73 Å². The summed E-state index contributed by atoms with van der Waals surface area (Å²) in [7, 11) is 0. The molecule has 1 saturated heterocycles. The minimum Gasteiger partial charge on any atom is -0.397 e. The molecule has 0 atom stereocenters. The van der Waals surface area contributed by atoms with Crippen LogP contribution >= 0.6 is 11.3 Å². The van der Waals surface area contributed by atoms with Gasteiger partial charge in [-0.25, -0.2) is 18.7 Å². The molecule has 39 heavy (non-hydrogen) atoms. The van der Waals surface area contributed by atoms with Crippen LogP contribution in [0.4, 0.5) is 31.0 Å². The van der Waals surface area contributed by atoms with Gasteiger partial charge >= 0.3 is 0 Å². The van der Waals surface area contributed by atoms with E-state index in [2.05, 4.69) is 42.5 Å². The number of anilines is 4. The fourth-order valence-corrected chi connectivity index (χ4v) is 5.67. The molecule has 0 spiro atoms. The van der Waals surface area contributed by atoms with Crippen molar-refractivity contribution in [2.24, 2.45) is 0 Å². The first-order chi connectivity index (χ1) is 19.0. The van der Waals surface area contributed by atoms with E-state index >= 15 is 4.39 Å². The minimum absolute atomic E-state index is 0.108. The highest BCUT2D eigenvalue weighted by atomic mass is 32.1. The second-order valence-corrected chi connectivity index (χ2v) is 10.5. The molecule has 0 saturated carbocycles. The predicted octanol–water partition coefficient (Wildman–Crippen LogP) is 6.74. The number of imidazole rings is 1. The van der Waals surface area contributed by atoms with Gasteiger partial charge in [-0.1, -0.05) is 36.1 Å². The Labute approximate surface area is 228 Å². The standard InChI is InChI=1S/C29H27F2N7S/c1-18(35-28-21(30)7-5-8-23(28)32)19-10-11-24(22(31)14-19)36-29-34-16-26(39-29)25-15-33-27-9-4-6-20(38(25)27)17-37-12-2-3-13-37/h4-11,14-16,35H,1-3,12-13,17,32H2,(H,34,36). The predicted molar refractivity (Wildman–Crippen MR) is 154 cm³/mol. The molecule has 1 aliphatic rings. The maximum atomic E-state index is 15.1. The van der Waals surface area contributed by atoms with Crippen LogP contribution in [0.3, 0.4) is 0 Å². The molecule has 1 aliphatic heterocycles. The number of benzene rings is 2. The lowest BCUT2D eigenvalue weighted by Crippen LogP contribution is -2.20. The summed E-state index contributed by atoms with van der Waals surface area (Å²) < 4.78 is 31.4. The Morgan fingerprint density at radius 3 is 2.62 bits per heavy atom. The SMILES string of the molecule is C=C(Nc1c(N)cccc1F)c1ccc(Nc2ncc(-c3cnc4cccc(CN5CCCC5)n34)s2)c(F)c1. The first-order valence-electron chi connectivity index (χ1n) is 12.7. The van der Waals surface area contributed by atoms with Gasteiger partial charge in [-0.2, -0.15) is 0 Å². The van der Waals surface area contributed by atoms with Crippen molar-refractivity contribution in [2.75, 3.05) is 29.5 Å². The number of nitrogens with two attached hydrogens (primary N) is 1. The number of hydrogen-bond acceptors (Lipinski definition) is 7. The zero-order valence-electron chi connectivity index (χ0n) is 21.1. The van der Waals surface area contributed by atoms with Gasteiger partial charge < -0.3 is 16.4 Å². The van der Waals surface area contributed by atoms with Crippen LogP contribution in [0.5, 0.6) is 0 Å². The summed E-state index contributed by atoms with van der Waals surface area (Å²) in [6.07, 6.45) is 6.11. The summed E-state index contributed by atoms with van der Waals surface area (Å²) in [4.78, 5) is 12.5. The number of halogens is 2. The molecule has 0 aliphatic carbocycles. The molecular formula is C29H27F2N7S. The van der Waals surface area contributed by atoms with Crippen LogP contribution in [-0.4, -0.2) is 32.4 Å². The number of aromatic nitrogens is 3. The van der Waals surface area contributed by atoms with Crippen LogP contribution in [0.15, 0.2) is 73.6 Å². The molecule has 5 aromatic rings. The monoisotopic (exact) mass is 543 g/mol. The number of pyridine rings is 1. The topological polar surface area (TPSA) is 83.5 Å². The molecular weight excluding hydrogens is 516 g/mol. The number of rotatable bonds is 8. The fourth-order valence-electron chi connectivity index (χ4n) is 4.84. The van der Waals surface area contributed by atoms with Gasteiger partial charge in [0.2, 0.25) is 0 Å². The third kappa shape index (κ3) is 5.08. The fraction of sp³-hybridized carbons (Fsp3) is 0.172. The van der Waals surface area contributed by atoms with Crippen LogP contribution in [0, 0.1) is 11.6 Å². The Balaban J connectivity index is 1.20. The number of nitrogens with zero attached hydrogens (tertiary/aromatic N) is 4. The number of thiazole rings is 1. The summed E-state index contributed by atoms with van der Waals surface area (Å²) in [5.74, 6) is -1.000. The van der Waals surface area contributed by atoms with Gasteiger partial charge in [0.1, 0.15) is 17.3 Å². The summed E-state index contributed by atoms with van der Waals surface area (Å²) >= 11 is 1.43. The molecule has 6 rings (SSSR count). The Hall–Kier alpha value is -4.28. The first kappa shape index (κ1) is 25.0. The van der Waals surface area contributed by atoms with E-state index in [-0.39, 0.29) is 17.1 Å². The average molecular weight is 544 g/mol. The maximum Gasteiger partial charge on any atom is 0.187 e. The van der Waals surface area contributed by atoms with Crippen molar-refractivity contribution >= 4 is 44.9 Å². The van der Waals surface area contributed by atoms with Crippen LogP contribution < -0.4 is 16.4 Å².